The number of aromatic hydroxyl groups is 1. The molecule has 0 bridgehead atoms. The SMILES string of the molecule is Cc1cc(O)c(N)c(C)c1C. The van der Waals surface area contributed by atoms with E-state index in [-0.39, 0.29) is 5.75 Å². The molecule has 0 unspecified atom stereocenters. The summed E-state index contributed by atoms with van der Waals surface area (Å²) in [5.41, 5.74) is 9.30. The van der Waals surface area contributed by atoms with Gasteiger partial charge in [-0.2, -0.15) is 0 Å². The Bertz CT molecular complexity index is 266. The van der Waals surface area contributed by atoms with Crippen LogP contribution in [-0.2, 0) is 0 Å². The van der Waals surface area contributed by atoms with Gasteiger partial charge in [-0.25, -0.2) is 0 Å². The second-order valence-electron chi connectivity index (χ2n) is 2.88. The van der Waals surface area contributed by atoms with Crippen molar-refractivity contribution < 1.29 is 5.11 Å². The van der Waals surface area contributed by atoms with E-state index in [1.807, 2.05) is 20.8 Å². The van der Waals surface area contributed by atoms with Gasteiger partial charge in [-0.1, -0.05) is 0 Å². The first-order valence-corrected chi connectivity index (χ1v) is 3.59. The predicted molar refractivity (Wildman–Crippen MR) is 46.7 cm³/mol. The third-order valence-corrected chi connectivity index (χ3v) is 2.19. The molecule has 2 nitrogen and oxygen atoms in total. The van der Waals surface area contributed by atoms with Crippen molar-refractivity contribution in [3.63, 3.8) is 0 Å². The van der Waals surface area contributed by atoms with Crippen molar-refractivity contribution in [3.8, 4) is 5.75 Å². The number of aryl methyl sites for hydroxylation is 1. The van der Waals surface area contributed by atoms with Crippen LogP contribution in [0.25, 0.3) is 0 Å². The van der Waals surface area contributed by atoms with E-state index in [0.717, 1.165) is 16.7 Å². The largest absolute Gasteiger partial charge is 0.506 e. The maximum Gasteiger partial charge on any atom is 0.139 e. The molecule has 3 N–H and O–H groups in total. The van der Waals surface area contributed by atoms with Crippen LogP contribution in [0.15, 0.2) is 6.07 Å². The molecular formula is C9H13NO. The van der Waals surface area contributed by atoms with Gasteiger partial charge in [0.2, 0.25) is 0 Å². The number of phenolic OH excluding ortho intramolecular Hbond substituents is 1. The Morgan fingerprint density at radius 2 is 1.73 bits per heavy atom. The zero-order valence-electron chi connectivity index (χ0n) is 7.10. The van der Waals surface area contributed by atoms with E-state index in [4.69, 9.17) is 5.73 Å². The molecule has 2 heteroatoms. The Kier molecular flexibility index (Phi) is 1.77. The summed E-state index contributed by atoms with van der Waals surface area (Å²) in [5.74, 6) is 0.186. The standard InChI is InChI=1S/C9H13NO/c1-5-4-8(11)9(10)7(3)6(5)2/h4,11H,10H2,1-3H3. The monoisotopic (exact) mass is 151 g/mol. The van der Waals surface area contributed by atoms with Gasteiger partial charge in [-0.3, -0.25) is 0 Å². The third-order valence-electron chi connectivity index (χ3n) is 2.19. The molecular weight excluding hydrogens is 138 g/mol. The summed E-state index contributed by atoms with van der Waals surface area (Å²) >= 11 is 0. The number of nitrogen functional groups attached to an aromatic ring is 1. The molecule has 0 spiro atoms. The van der Waals surface area contributed by atoms with Crippen molar-refractivity contribution in [2.24, 2.45) is 0 Å². The lowest BCUT2D eigenvalue weighted by molar-refractivity contribution is 0.477. The topological polar surface area (TPSA) is 46.2 Å². The van der Waals surface area contributed by atoms with Gasteiger partial charge in [-0.15, -0.1) is 0 Å². The van der Waals surface area contributed by atoms with E-state index in [0.29, 0.717) is 5.69 Å². The summed E-state index contributed by atoms with van der Waals surface area (Å²) in [4.78, 5) is 0. The number of rotatable bonds is 0. The Balaban J connectivity index is 3.46. The van der Waals surface area contributed by atoms with Gasteiger partial charge in [-0.05, 0) is 43.5 Å². The molecule has 60 valence electrons. The fourth-order valence-corrected chi connectivity index (χ4v) is 1.08. The first kappa shape index (κ1) is 7.92. The molecule has 0 saturated heterocycles. The zero-order chi connectivity index (χ0) is 8.59. The second-order valence-corrected chi connectivity index (χ2v) is 2.88. The van der Waals surface area contributed by atoms with Crippen molar-refractivity contribution in [3.05, 3.63) is 22.8 Å². The fraction of sp³-hybridized carbons (Fsp3) is 0.333. The molecule has 0 aliphatic carbocycles. The fourth-order valence-electron chi connectivity index (χ4n) is 1.08. The molecule has 0 aliphatic heterocycles. The molecule has 0 amide bonds. The van der Waals surface area contributed by atoms with Crippen LogP contribution in [0.1, 0.15) is 16.7 Å². The van der Waals surface area contributed by atoms with E-state index in [1.54, 1.807) is 6.07 Å². The molecule has 1 rings (SSSR count). The first-order chi connectivity index (χ1) is 5.04. The van der Waals surface area contributed by atoms with Crippen molar-refractivity contribution in [2.75, 3.05) is 5.73 Å². The minimum Gasteiger partial charge on any atom is -0.506 e. The van der Waals surface area contributed by atoms with Crippen molar-refractivity contribution in [2.45, 2.75) is 20.8 Å². The Morgan fingerprint density at radius 1 is 1.18 bits per heavy atom. The summed E-state index contributed by atoms with van der Waals surface area (Å²) in [7, 11) is 0. The van der Waals surface area contributed by atoms with Gasteiger partial charge in [0.25, 0.3) is 0 Å². The highest BCUT2D eigenvalue weighted by atomic mass is 16.3. The molecule has 0 heterocycles. The molecule has 11 heavy (non-hydrogen) atoms. The summed E-state index contributed by atoms with van der Waals surface area (Å²) in [6.07, 6.45) is 0. The lowest BCUT2D eigenvalue weighted by Gasteiger charge is -2.08. The Labute approximate surface area is 66.7 Å². The summed E-state index contributed by atoms with van der Waals surface area (Å²) in [6.45, 7) is 5.87. The number of anilines is 1. The zero-order valence-corrected chi connectivity index (χ0v) is 7.10. The average Bonchev–Trinajstić information content (AvgIpc) is 1.97. The number of nitrogens with two attached hydrogens (primary N) is 1. The van der Waals surface area contributed by atoms with Crippen molar-refractivity contribution in [1.82, 2.24) is 0 Å². The van der Waals surface area contributed by atoms with E-state index < -0.39 is 0 Å². The van der Waals surface area contributed by atoms with Crippen LogP contribution in [0.3, 0.4) is 0 Å². The predicted octanol–water partition coefficient (Wildman–Crippen LogP) is 1.90. The lowest BCUT2D eigenvalue weighted by Crippen LogP contribution is -1.95. The van der Waals surface area contributed by atoms with Gasteiger partial charge in [0.15, 0.2) is 0 Å². The number of phenols is 1. The quantitative estimate of drug-likeness (QED) is 0.439. The number of benzene rings is 1. The van der Waals surface area contributed by atoms with E-state index in [9.17, 15) is 5.11 Å². The van der Waals surface area contributed by atoms with Crippen LogP contribution in [0.4, 0.5) is 5.69 Å². The maximum absolute atomic E-state index is 9.28. The molecule has 0 fully saturated rings. The third kappa shape index (κ3) is 1.16. The van der Waals surface area contributed by atoms with Crippen molar-refractivity contribution >= 4 is 5.69 Å². The van der Waals surface area contributed by atoms with Crippen molar-refractivity contribution in [1.29, 1.82) is 0 Å². The van der Waals surface area contributed by atoms with Crippen LogP contribution in [0, 0.1) is 20.8 Å². The van der Waals surface area contributed by atoms with E-state index in [1.165, 1.54) is 0 Å². The second kappa shape index (κ2) is 2.46. The number of hydrogen-bond donors (Lipinski definition) is 2. The lowest BCUT2D eigenvalue weighted by atomic mass is 10.0. The average molecular weight is 151 g/mol. The highest BCUT2D eigenvalue weighted by Crippen LogP contribution is 2.28. The first-order valence-electron chi connectivity index (χ1n) is 3.59. The minimum atomic E-state index is 0.186. The smallest absolute Gasteiger partial charge is 0.139 e. The summed E-state index contributed by atoms with van der Waals surface area (Å²) in [6, 6.07) is 1.69. The van der Waals surface area contributed by atoms with Crippen LogP contribution < -0.4 is 5.73 Å². The van der Waals surface area contributed by atoms with Gasteiger partial charge in [0, 0.05) is 0 Å². The van der Waals surface area contributed by atoms with Crippen LogP contribution in [0.5, 0.6) is 5.75 Å². The Morgan fingerprint density at radius 3 is 2.27 bits per heavy atom. The van der Waals surface area contributed by atoms with Gasteiger partial charge >= 0.3 is 0 Å². The molecule has 0 saturated carbocycles. The highest BCUT2D eigenvalue weighted by molar-refractivity contribution is 5.61. The van der Waals surface area contributed by atoms with Gasteiger partial charge in [0.05, 0.1) is 5.69 Å². The summed E-state index contributed by atoms with van der Waals surface area (Å²) < 4.78 is 0. The highest BCUT2D eigenvalue weighted by Gasteiger charge is 2.05. The molecule has 0 aromatic heterocycles. The van der Waals surface area contributed by atoms with Gasteiger partial charge < -0.3 is 10.8 Å². The molecule has 0 atom stereocenters. The Hall–Kier alpha value is -1.18. The normalized spacial score (nSPS) is 10.1. The van der Waals surface area contributed by atoms with Crippen LogP contribution in [0.2, 0.25) is 0 Å². The molecule has 1 aromatic rings. The molecule has 0 aliphatic rings. The summed E-state index contributed by atoms with van der Waals surface area (Å²) in [5, 5.41) is 9.28. The number of hydrogen-bond acceptors (Lipinski definition) is 2. The van der Waals surface area contributed by atoms with Crippen LogP contribution in [-0.4, -0.2) is 5.11 Å². The van der Waals surface area contributed by atoms with E-state index >= 15 is 0 Å². The molecule has 0 radical (unpaired) electrons. The minimum absolute atomic E-state index is 0.186. The van der Waals surface area contributed by atoms with E-state index in [2.05, 4.69) is 0 Å². The maximum atomic E-state index is 9.28. The van der Waals surface area contributed by atoms with Crippen LogP contribution >= 0.6 is 0 Å². The molecule has 1 aromatic carbocycles. The van der Waals surface area contributed by atoms with Gasteiger partial charge in [0.1, 0.15) is 5.75 Å².